The van der Waals surface area contributed by atoms with E-state index in [-0.39, 0.29) is 12.5 Å². The average molecular weight is 352 g/mol. The molecule has 5 nitrogen and oxygen atoms in total. The number of benzene rings is 1. The van der Waals surface area contributed by atoms with Crippen LogP contribution in [0.25, 0.3) is 0 Å². The molecule has 0 bridgehead atoms. The van der Waals surface area contributed by atoms with Crippen molar-refractivity contribution in [3.63, 3.8) is 0 Å². The highest BCUT2D eigenvalue weighted by Gasteiger charge is 2.03. The van der Waals surface area contributed by atoms with Gasteiger partial charge in [-0.3, -0.25) is 9.89 Å². The van der Waals surface area contributed by atoms with Crippen LogP contribution >= 0.6 is 15.9 Å². The normalized spacial score (nSPS) is 10.4. The van der Waals surface area contributed by atoms with E-state index in [2.05, 4.69) is 31.4 Å². The van der Waals surface area contributed by atoms with Crippen LogP contribution in [0.4, 0.5) is 0 Å². The summed E-state index contributed by atoms with van der Waals surface area (Å²) in [7, 11) is 0. The third-order valence-corrected chi connectivity index (χ3v) is 3.59. The zero-order chi connectivity index (χ0) is 15.1. The second kappa shape index (κ2) is 7.83. The average Bonchev–Trinajstić information content (AvgIpc) is 2.88. The first-order valence-electron chi connectivity index (χ1n) is 6.79. The summed E-state index contributed by atoms with van der Waals surface area (Å²) in [5, 5.41) is 9.71. The van der Waals surface area contributed by atoms with Crippen LogP contribution in [0.15, 0.2) is 34.9 Å². The number of aromatic amines is 1. The van der Waals surface area contributed by atoms with Gasteiger partial charge < -0.3 is 10.1 Å². The summed E-state index contributed by atoms with van der Waals surface area (Å²) in [6.45, 7) is 2.66. The number of halogens is 1. The lowest BCUT2D eigenvalue weighted by molar-refractivity contribution is -0.123. The van der Waals surface area contributed by atoms with Crippen LogP contribution in [0.2, 0.25) is 0 Å². The molecule has 6 heteroatoms. The zero-order valence-electron chi connectivity index (χ0n) is 11.9. The highest BCUT2D eigenvalue weighted by molar-refractivity contribution is 9.10. The fraction of sp³-hybridized carbons (Fsp3) is 0.333. The van der Waals surface area contributed by atoms with Gasteiger partial charge in [0.1, 0.15) is 5.75 Å². The largest absolute Gasteiger partial charge is 0.484 e. The summed E-state index contributed by atoms with van der Waals surface area (Å²) >= 11 is 3.35. The molecule has 0 aliphatic carbocycles. The molecular weight excluding hydrogens is 334 g/mol. The predicted octanol–water partition coefficient (Wildman–Crippen LogP) is 2.61. The molecule has 0 saturated heterocycles. The molecule has 2 aromatic rings. The number of nitrogens with one attached hydrogen (secondary N) is 2. The summed E-state index contributed by atoms with van der Waals surface area (Å²) in [4.78, 5) is 11.6. The SMILES string of the molecule is Cc1[nH]ncc1CCCNC(=O)COc1ccc(Br)cc1. The molecule has 0 unspecified atom stereocenters. The standard InChI is InChI=1S/C15H18BrN3O2/c1-11-12(9-18-19-11)3-2-8-17-15(20)10-21-14-6-4-13(16)5-7-14/h4-7,9H,2-3,8,10H2,1H3,(H,17,20)(H,18,19). The van der Waals surface area contributed by atoms with Gasteiger partial charge >= 0.3 is 0 Å². The van der Waals surface area contributed by atoms with Crippen LogP contribution < -0.4 is 10.1 Å². The van der Waals surface area contributed by atoms with Crippen LogP contribution in [-0.2, 0) is 11.2 Å². The Morgan fingerprint density at radius 3 is 2.81 bits per heavy atom. The van der Waals surface area contributed by atoms with Gasteiger partial charge in [0.15, 0.2) is 6.61 Å². The Hall–Kier alpha value is -1.82. The summed E-state index contributed by atoms with van der Waals surface area (Å²) in [5.41, 5.74) is 2.27. The van der Waals surface area contributed by atoms with E-state index in [1.54, 1.807) is 0 Å². The molecule has 0 aliphatic heterocycles. The molecule has 1 aromatic carbocycles. The van der Waals surface area contributed by atoms with E-state index in [0.717, 1.165) is 23.0 Å². The lowest BCUT2D eigenvalue weighted by Crippen LogP contribution is -2.29. The number of amides is 1. The van der Waals surface area contributed by atoms with Crippen LogP contribution in [0.5, 0.6) is 5.75 Å². The maximum Gasteiger partial charge on any atom is 0.257 e. The van der Waals surface area contributed by atoms with Crippen LogP contribution in [0.3, 0.4) is 0 Å². The van der Waals surface area contributed by atoms with Gasteiger partial charge in [-0.25, -0.2) is 0 Å². The van der Waals surface area contributed by atoms with Gasteiger partial charge in [0.25, 0.3) is 5.91 Å². The highest BCUT2D eigenvalue weighted by Crippen LogP contribution is 2.15. The number of aryl methyl sites for hydroxylation is 2. The van der Waals surface area contributed by atoms with Gasteiger partial charge in [0, 0.05) is 16.7 Å². The number of rotatable bonds is 7. The van der Waals surface area contributed by atoms with E-state index in [1.165, 1.54) is 5.56 Å². The van der Waals surface area contributed by atoms with Gasteiger partial charge in [-0.2, -0.15) is 5.10 Å². The summed E-state index contributed by atoms with van der Waals surface area (Å²) < 4.78 is 6.38. The topological polar surface area (TPSA) is 67.0 Å². The predicted molar refractivity (Wildman–Crippen MR) is 84.3 cm³/mol. The summed E-state index contributed by atoms with van der Waals surface area (Å²) in [6.07, 6.45) is 3.61. The minimum Gasteiger partial charge on any atom is -0.484 e. The molecule has 1 amide bonds. The third-order valence-electron chi connectivity index (χ3n) is 3.06. The van der Waals surface area contributed by atoms with Crippen LogP contribution in [0.1, 0.15) is 17.7 Å². The van der Waals surface area contributed by atoms with E-state index in [1.807, 2.05) is 37.4 Å². The highest BCUT2D eigenvalue weighted by atomic mass is 79.9. The van der Waals surface area contributed by atoms with Gasteiger partial charge in [-0.1, -0.05) is 15.9 Å². The lowest BCUT2D eigenvalue weighted by atomic mass is 10.1. The van der Waals surface area contributed by atoms with Crippen LogP contribution in [0, 0.1) is 6.92 Å². The molecule has 1 aromatic heterocycles. The van der Waals surface area contributed by atoms with E-state index in [4.69, 9.17) is 4.74 Å². The number of H-pyrrole nitrogens is 1. The number of nitrogens with zero attached hydrogens (tertiary/aromatic N) is 1. The van der Waals surface area contributed by atoms with E-state index >= 15 is 0 Å². The number of ether oxygens (including phenoxy) is 1. The quantitative estimate of drug-likeness (QED) is 0.753. The number of hydrogen-bond donors (Lipinski definition) is 2. The third kappa shape index (κ3) is 5.23. The Morgan fingerprint density at radius 1 is 1.38 bits per heavy atom. The van der Waals surface area contributed by atoms with Crippen molar-refractivity contribution in [2.45, 2.75) is 19.8 Å². The molecule has 0 fully saturated rings. The molecule has 0 aliphatic rings. The van der Waals surface area contributed by atoms with Crippen molar-refractivity contribution in [3.8, 4) is 5.75 Å². The van der Waals surface area contributed by atoms with E-state index in [0.29, 0.717) is 12.3 Å². The fourth-order valence-electron chi connectivity index (χ4n) is 1.87. The van der Waals surface area contributed by atoms with Crippen molar-refractivity contribution in [3.05, 3.63) is 46.2 Å². The fourth-order valence-corrected chi connectivity index (χ4v) is 2.13. The molecule has 112 valence electrons. The van der Waals surface area contributed by atoms with Crippen molar-refractivity contribution < 1.29 is 9.53 Å². The maximum absolute atomic E-state index is 11.6. The molecule has 0 spiro atoms. The Bertz CT molecular complexity index is 581. The summed E-state index contributed by atoms with van der Waals surface area (Å²) in [5.74, 6) is 0.573. The minimum absolute atomic E-state index is 0.0341. The zero-order valence-corrected chi connectivity index (χ0v) is 13.4. The maximum atomic E-state index is 11.6. The molecule has 21 heavy (non-hydrogen) atoms. The van der Waals surface area contributed by atoms with E-state index in [9.17, 15) is 4.79 Å². The van der Waals surface area contributed by atoms with Crippen molar-refractivity contribution in [1.29, 1.82) is 0 Å². The lowest BCUT2D eigenvalue weighted by Gasteiger charge is -2.07. The first-order chi connectivity index (χ1) is 10.1. The Balaban J connectivity index is 1.61. The first-order valence-corrected chi connectivity index (χ1v) is 7.58. The van der Waals surface area contributed by atoms with Crippen molar-refractivity contribution in [1.82, 2.24) is 15.5 Å². The van der Waals surface area contributed by atoms with Crippen molar-refractivity contribution in [2.75, 3.05) is 13.2 Å². The smallest absolute Gasteiger partial charge is 0.257 e. The number of carbonyl (C=O) groups is 1. The molecular formula is C15H18BrN3O2. The van der Waals surface area contributed by atoms with Gasteiger partial charge in [0.05, 0.1) is 6.20 Å². The Morgan fingerprint density at radius 2 is 2.14 bits per heavy atom. The number of hydrogen-bond acceptors (Lipinski definition) is 3. The van der Waals surface area contributed by atoms with Crippen LogP contribution in [-0.4, -0.2) is 29.3 Å². The second-order valence-electron chi connectivity index (χ2n) is 4.72. The van der Waals surface area contributed by atoms with Gasteiger partial charge in [-0.15, -0.1) is 0 Å². The summed E-state index contributed by atoms with van der Waals surface area (Å²) in [6, 6.07) is 7.39. The molecule has 0 radical (unpaired) electrons. The van der Waals surface area contributed by atoms with Gasteiger partial charge in [-0.05, 0) is 49.6 Å². The van der Waals surface area contributed by atoms with Crippen molar-refractivity contribution >= 4 is 21.8 Å². The first kappa shape index (κ1) is 15.6. The molecule has 2 rings (SSSR count). The number of aromatic nitrogens is 2. The Labute approximate surface area is 132 Å². The number of carbonyl (C=O) groups excluding carboxylic acids is 1. The molecule has 0 atom stereocenters. The Kier molecular flexibility index (Phi) is 5.80. The molecule has 1 heterocycles. The monoisotopic (exact) mass is 351 g/mol. The minimum atomic E-state index is -0.109. The van der Waals surface area contributed by atoms with Crippen molar-refractivity contribution in [2.24, 2.45) is 0 Å². The second-order valence-corrected chi connectivity index (χ2v) is 5.63. The molecule has 2 N–H and O–H groups in total. The van der Waals surface area contributed by atoms with E-state index < -0.39 is 0 Å². The van der Waals surface area contributed by atoms with Gasteiger partial charge in [0.2, 0.25) is 0 Å². The molecule has 0 saturated carbocycles.